The molecule has 0 saturated heterocycles. The molecule has 0 bridgehead atoms. The van der Waals surface area contributed by atoms with Crippen LogP contribution in [0.4, 0.5) is 0 Å². The Kier molecular flexibility index (Phi) is 94.7. The van der Waals surface area contributed by atoms with Crippen LogP contribution in [0, 0.1) is 84.2 Å². The molecule has 4 heteroatoms. The van der Waals surface area contributed by atoms with Gasteiger partial charge in [-0.25, -0.2) is 0 Å². The van der Waals surface area contributed by atoms with Crippen LogP contribution in [0.25, 0.3) is 0 Å². The molecule has 0 unspecified atom stereocenters. The first kappa shape index (κ1) is 24.1. The van der Waals surface area contributed by atoms with Crippen LogP contribution in [-0.4, -0.2) is 43.6 Å². The minimum absolute atomic E-state index is 0. The van der Waals surface area contributed by atoms with Crippen LogP contribution in [0.2, 0.25) is 0 Å². The second-order valence-corrected chi connectivity index (χ2v) is 0. The molecular formula is AlBiErYb. The molecule has 6 radical (unpaired) electrons. The maximum absolute atomic E-state index is 0. The average Bonchev–Trinajstić information content (AvgIpc) is 0. The molecule has 0 rings (SSSR count). The van der Waals surface area contributed by atoms with Gasteiger partial charge in [-0.05, 0) is 0 Å². The summed E-state index contributed by atoms with van der Waals surface area (Å²) >= 11 is 0. The molecule has 0 aliphatic heterocycles. The molecule has 0 saturated carbocycles. The van der Waals surface area contributed by atoms with E-state index in [1.165, 1.54) is 0 Å². The smallest absolute Gasteiger partial charge is 0 e. The molecule has 0 aliphatic carbocycles. The Hall–Kier alpha value is 4.18. The van der Waals surface area contributed by atoms with Crippen LogP contribution in [0.5, 0.6) is 0 Å². The van der Waals surface area contributed by atoms with Gasteiger partial charge in [-0.1, -0.05) is 0 Å². The predicted octanol–water partition coefficient (Wildman–Crippen LogP) is -0.762. The molecule has 0 nitrogen and oxygen atoms in total. The van der Waals surface area contributed by atoms with Gasteiger partial charge >= 0.3 is 0 Å². The number of hydrogen-bond donors (Lipinski definition) is 0. The van der Waals surface area contributed by atoms with Crippen LogP contribution in [-0.2, 0) is 0 Å². The third-order valence-corrected chi connectivity index (χ3v) is 0. The minimum atomic E-state index is 0. The SMILES string of the molecule is [Al].[Bi].[Er].[Yb]. The van der Waals surface area contributed by atoms with Crippen molar-refractivity contribution in [2.45, 2.75) is 0 Å². The molecule has 0 fully saturated rings. The van der Waals surface area contributed by atoms with Crippen molar-refractivity contribution in [3.05, 3.63) is 0 Å². The predicted molar refractivity (Wildman–Crippen MR) is 11.5 cm³/mol. The summed E-state index contributed by atoms with van der Waals surface area (Å²) in [6.07, 6.45) is 0. The number of hydrogen-bond acceptors (Lipinski definition) is 0. The average molecular weight is 576 g/mol. The first-order chi connectivity index (χ1) is 0. The fourth-order valence-electron chi connectivity index (χ4n) is 0. The second-order valence-electron chi connectivity index (χ2n) is 0. The summed E-state index contributed by atoms with van der Waals surface area (Å²) in [6.45, 7) is 0. The van der Waals surface area contributed by atoms with E-state index in [1.54, 1.807) is 0 Å². The van der Waals surface area contributed by atoms with Crippen LogP contribution in [0.15, 0.2) is 0 Å². The van der Waals surface area contributed by atoms with E-state index in [2.05, 4.69) is 0 Å². The fraction of sp³-hybridized carbons (Fsp3) is 0. The van der Waals surface area contributed by atoms with Gasteiger partial charge in [0.05, 0.1) is 0 Å². The van der Waals surface area contributed by atoms with Crippen molar-refractivity contribution in [2.75, 3.05) is 0 Å². The van der Waals surface area contributed by atoms with E-state index < -0.39 is 0 Å². The van der Waals surface area contributed by atoms with E-state index in [1.807, 2.05) is 0 Å². The fourth-order valence-corrected chi connectivity index (χ4v) is 0. The van der Waals surface area contributed by atoms with E-state index >= 15 is 0 Å². The van der Waals surface area contributed by atoms with Gasteiger partial charge in [0, 0.05) is 128 Å². The topological polar surface area (TPSA) is 0 Å². The zero-order valence-electron chi connectivity index (χ0n) is 1.58. The summed E-state index contributed by atoms with van der Waals surface area (Å²) in [7, 11) is 0. The van der Waals surface area contributed by atoms with Gasteiger partial charge in [-0.15, -0.1) is 0 Å². The van der Waals surface area contributed by atoms with E-state index in [-0.39, 0.29) is 128 Å². The van der Waals surface area contributed by atoms with Crippen molar-refractivity contribution in [3.8, 4) is 0 Å². The molecule has 4 heavy (non-hydrogen) atoms. The normalized spacial score (nSPS) is 0. The van der Waals surface area contributed by atoms with Gasteiger partial charge in [0.15, 0.2) is 0 Å². The molecule has 0 aromatic rings. The van der Waals surface area contributed by atoms with Gasteiger partial charge in [-0.2, -0.15) is 0 Å². The summed E-state index contributed by atoms with van der Waals surface area (Å²) < 4.78 is 0. The quantitative estimate of drug-likeness (QED) is 0.333. The van der Waals surface area contributed by atoms with Gasteiger partial charge in [-0.3, -0.25) is 0 Å². The van der Waals surface area contributed by atoms with Crippen LogP contribution in [0.1, 0.15) is 0 Å². The standard InChI is InChI=1S/Al.Bi.Er.Yb. The van der Waals surface area contributed by atoms with Gasteiger partial charge in [0.1, 0.15) is 0 Å². The monoisotopic (exact) mass is 576 g/mol. The number of rotatable bonds is 0. The summed E-state index contributed by atoms with van der Waals surface area (Å²) in [5, 5.41) is 0. The van der Waals surface area contributed by atoms with Crippen molar-refractivity contribution >= 4 is 43.6 Å². The summed E-state index contributed by atoms with van der Waals surface area (Å²) in [5.41, 5.74) is 0. The Morgan fingerprint density at radius 3 is 1.00 bits per heavy atom. The van der Waals surface area contributed by atoms with Crippen molar-refractivity contribution in [2.24, 2.45) is 0 Å². The maximum atomic E-state index is 0. The Balaban J connectivity index is 0. The van der Waals surface area contributed by atoms with E-state index in [9.17, 15) is 0 Å². The summed E-state index contributed by atoms with van der Waals surface area (Å²) in [4.78, 5) is 0. The summed E-state index contributed by atoms with van der Waals surface area (Å²) in [5.74, 6) is 0. The Morgan fingerprint density at radius 1 is 1.00 bits per heavy atom. The third-order valence-electron chi connectivity index (χ3n) is 0. The first-order valence-corrected chi connectivity index (χ1v) is 0. The van der Waals surface area contributed by atoms with Crippen LogP contribution < -0.4 is 0 Å². The van der Waals surface area contributed by atoms with Crippen molar-refractivity contribution in [3.63, 3.8) is 0 Å². The molecule has 0 aliphatic rings. The van der Waals surface area contributed by atoms with E-state index in [4.69, 9.17) is 0 Å². The molecule has 0 aromatic heterocycles. The molecule has 0 aromatic carbocycles. The zero-order chi connectivity index (χ0) is 0. The molecular weight excluding hydrogens is 576 g/mol. The van der Waals surface area contributed by atoms with Gasteiger partial charge in [0.25, 0.3) is 0 Å². The summed E-state index contributed by atoms with van der Waals surface area (Å²) in [6, 6.07) is 0. The molecule has 0 spiro atoms. The Bertz CT molecular complexity index is 8.00. The van der Waals surface area contributed by atoms with E-state index in [0.29, 0.717) is 0 Å². The Morgan fingerprint density at radius 2 is 1.00 bits per heavy atom. The Labute approximate surface area is 124 Å². The zero-order valence-corrected chi connectivity index (χ0v) is 9.78. The van der Waals surface area contributed by atoms with Crippen LogP contribution in [0.3, 0.4) is 0 Å². The van der Waals surface area contributed by atoms with Crippen molar-refractivity contribution < 1.29 is 84.2 Å². The van der Waals surface area contributed by atoms with Crippen molar-refractivity contribution in [1.29, 1.82) is 0 Å². The molecule has 0 atom stereocenters. The largest absolute Gasteiger partial charge is 0 e. The van der Waals surface area contributed by atoms with Gasteiger partial charge in [0.2, 0.25) is 0 Å². The molecule has 34 valence electrons. The second kappa shape index (κ2) is 15.7. The molecule has 0 amide bonds. The van der Waals surface area contributed by atoms with Crippen LogP contribution >= 0.6 is 0 Å². The van der Waals surface area contributed by atoms with Gasteiger partial charge < -0.3 is 0 Å². The molecule has 0 N–H and O–H groups in total. The molecule has 0 heterocycles. The maximum Gasteiger partial charge on any atom is 0 e. The van der Waals surface area contributed by atoms with E-state index in [0.717, 1.165) is 0 Å². The minimum Gasteiger partial charge on any atom is 0 e. The third kappa shape index (κ3) is 9.49. The first-order valence-electron chi connectivity index (χ1n) is 0. The van der Waals surface area contributed by atoms with Crippen molar-refractivity contribution in [1.82, 2.24) is 0 Å².